The molecule has 0 heterocycles. The molecule has 0 aliphatic carbocycles. The second kappa shape index (κ2) is 4.87. The van der Waals surface area contributed by atoms with Crippen molar-refractivity contribution in [2.24, 2.45) is 0 Å². The second-order valence-electron chi connectivity index (χ2n) is 2.02. The van der Waals surface area contributed by atoms with Gasteiger partial charge in [0, 0.05) is 0 Å². The number of nitrogens with one attached hydrogen (secondary N) is 1. The van der Waals surface area contributed by atoms with Gasteiger partial charge in [0.05, 0.1) is 5.67 Å². The molecular formula is C5H13F2NSi. The topological polar surface area (TPSA) is 12.0 Å². The van der Waals surface area contributed by atoms with E-state index in [9.17, 15) is 8.22 Å². The highest BCUT2D eigenvalue weighted by Crippen LogP contribution is 2.02. The standard InChI is InChI=1S/C5H13F2NSi/c1-3-4-5(8-2)9(6)7/h5,8-9H,3-4H2,1-2H3. The normalized spacial score (nSPS) is 14.3. The smallest absolute Gasteiger partial charge is 0.315 e. The summed E-state index contributed by atoms with van der Waals surface area (Å²) in [5.41, 5.74) is -0.477. The maximum Gasteiger partial charge on any atom is 0.427 e. The van der Waals surface area contributed by atoms with E-state index in [4.69, 9.17) is 0 Å². The Morgan fingerprint density at radius 1 is 1.56 bits per heavy atom. The van der Waals surface area contributed by atoms with Crippen molar-refractivity contribution in [2.75, 3.05) is 7.05 Å². The average molecular weight is 153 g/mol. The largest absolute Gasteiger partial charge is 0.427 e. The lowest BCUT2D eigenvalue weighted by molar-refractivity contribution is 0.535. The van der Waals surface area contributed by atoms with Gasteiger partial charge in [-0.05, 0) is 13.5 Å². The van der Waals surface area contributed by atoms with E-state index in [1.807, 2.05) is 6.92 Å². The molecule has 56 valence electrons. The van der Waals surface area contributed by atoms with Crippen molar-refractivity contribution >= 4 is 9.46 Å². The van der Waals surface area contributed by atoms with E-state index in [0.29, 0.717) is 6.42 Å². The first kappa shape index (κ1) is 9.04. The van der Waals surface area contributed by atoms with Crippen molar-refractivity contribution in [3.05, 3.63) is 0 Å². The van der Waals surface area contributed by atoms with E-state index in [1.54, 1.807) is 7.05 Å². The maximum atomic E-state index is 12.0. The Balaban J connectivity index is 3.41. The first-order valence-corrected chi connectivity index (χ1v) is 4.71. The third-order valence-corrected chi connectivity index (χ3v) is 2.55. The monoisotopic (exact) mass is 153 g/mol. The van der Waals surface area contributed by atoms with E-state index in [-0.39, 0.29) is 0 Å². The number of rotatable bonds is 4. The molecule has 4 heteroatoms. The van der Waals surface area contributed by atoms with Crippen LogP contribution in [0.1, 0.15) is 19.8 Å². The van der Waals surface area contributed by atoms with Crippen LogP contribution in [-0.4, -0.2) is 22.2 Å². The molecule has 1 nitrogen and oxygen atoms in total. The Morgan fingerprint density at radius 3 is 2.22 bits per heavy atom. The highest BCUT2D eigenvalue weighted by Gasteiger charge is 2.19. The first-order valence-electron chi connectivity index (χ1n) is 3.17. The highest BCUT2D eigenvalue weighted by molar-refractivity contribution is 6.44. The van der Waals surface area contributed by atoms with Crippen molar-refractivity contribution in [1.29, 1.82) is 0 Å². The van der Waals surface area contributed by atoms with Gasteiger partial charge in [-0.15, -0.1) is 0 Å². The van der Waals surface area contributed by atoms with Crippen LogP contribution in [0.5, 0.6) is 0 Å². The lowest BCUT2D eigenvalue weighted by Crippen LogP contribution is -2.35. The van der Waals surface area contributed by atoms with Gasteiger partial charge >= 0.3 is 9.46 Å². The van der Waals surface area contributed by atoms with Gasteiger partial charge in [-0.3, -0.25) is 8.22 Å². The third-order valence-electron chi connectivity index (χ3n) is 1.27. The molecule has 0 rings (SSSR count). The van der Waals surface area contributed by atoms with E-state index < -0.39 is 15.1 Å². The molecule has 0 aliphatic rings. The summed E-state index contributed by atoms with van der Waals surface area (Å²) in [6.07, 6.45) is 1.45. The zero-order valence-electron chi connectivity index (χ0n) is 5.82. The number of halogens is 2. The van der Waals surface area contributed by atoms with Crippen LogP contribution >= 0.6 is 0 Å². The fourth-order valence-electron chi connectivity index (χ4n) is 0.707. The molecule has 0 radical (unpaired) electrons. The summed E-state index contributed by atoms with van der Waals surface area (Å²) in [6, 6.07) is 0. The van der Waals surface area contributed by atoms with Gasteiger partial charge < -0.3 is 5.32 Å². The molecule has 0 spiro atoms. The predicted octanol–water partition coefficient (Wildman–Crippen LogP) is 1.07. The van der Waals surface area contributed by atoms with Gasteiger partial charge in [0.15, 0.2) is 0 Å². The predicted molar refractivity (Wildman–Crippen MR) is 37.1 cm³/mol. The van der Waals surface area contributed by atoms with Crippen LogP contribution in [0.15, 0.2) is 0 Å². The van der Waals surface area contributed by atoms with Crippen LogP contribution < -0.4 is 5.32 Å². The molecule has 0 saturated heterocycles. The van der Waals surface area contributed by atoms with Crippen LogP contribution in [-0.2, 0) is 0 Å². The van der Waals surface area contributed by atoms with Crippen LogP contribution in [0.4, 0.5) is 8.22 Å². The van der Waals surface area contributed by atoms with Crippen molar-refractivity contribution in [3.63, 3.8) is 0 Å². The minimum Gasteiger partial charge on any atom is -0.315 e. The second-order valence-corrected chi connectivity index (χ2v) is 3.49. The Labute approximate surface area is 56.4 Å². The van der Waals surface area contributed by atoms with Crippen molar-refractivity contribution in [2.45, 2.75) is 25.4 Å². The molecule has 9 heavy (non-hydrogen) atoms. The highest BCUT2D eigenvalue weighted by atomic mass is 28.4. The molecule has 0 amide bonds. The summed E-state index contributed by atoms with van der Waals surface area (Å²) in [5.74, 6) is 0. The van der Waals surface area contributed by atoms with Crippen molar-refractivity contribution in [1.82, 2.24) is 5.32 Å². The van der Waals surface area contributed by atoms with Crippen LogP contribution in [0.25, 0.3) is 0 Å². The maximum absolute atomic E-state index is 12.0. The molecule has 0 fully saturated rings. The van der Waals surface area contributed by atoms with Crippen LogP contribution in [0, 0.1) is 0 Å². The van der Waals surface area contributed by atoms with Gasteiger partial charge in [0.1, 0.15) is 0 Å². The molecule has 1 atom stereocenters. The first-order chi connectivity index (χ1) is 4.22. The van der Waals surface area contributed by atoms with E-state index >= 15 is 0 Å². The quantitative estimate of drug-likeness (QED) is 0.470. The lowest BCUT2D eigenvalue weighted by Gasteiger charge is -2.10. The average Bonchev–Trinajstić information content (AvgIpc) is 1.82. The van der Waals surface area contributed by atoms with Gasteiger partial charge in [-0.2, -0.15) is 0 Å². The van der Waals surface area contributed by atoms with Gasteiger partial charge in [0.25, 0.3) is 0 Å². The molecule has 0 aliphatic heterocycles. The van der Waals surface area contributed by atoms with E-state index in [0.717, 1.165) is 6.42 Å². The fraction of sp³-hybridized carbons (Fsp3) is 1.00. The molecular weight excluding hydrogens is 140 g/mol. The SMILES string of the molecule is CCCC(NC)[SiH](F)F. The molecule has 0 aromatic rings. The zero-order chi connectivity index (χ0) is 7.28. The van der Waals surface area contributed by atoms with Crippen molar-refractivity contribution in [3.8, 4) is 0 Å². The molecule has 0 aromatic carbocycles. The van der Waals surface area contributed by atoms with E-state index in [2.05, 4.69) is 5.32 Å². The third kappa shape index (κ3) is 3.59. The summed E-state index contributed by atoms with van der Waals surface area (Å²) in [5, 5.41) is 2.61. The Hall–Kier alpha value is 0.0369. The zero-order valence-corrected chi connectivity index (χ0v) is 6.98. The summed E-state index contributed by atoms with van der Waals surface area (Å²) in [7, 11) is -1.82. The number of hydrogen-bond acceptors (Lipinski definition) is 1. The lowest BCUT2D eigenvalue weighted by atomic mass is 10.3. The molecule has 0 saturated carbocycles. The Kier molecular flexibility index (Phi) is 4.89. The Bertz CT molecular complexity index is 70.0. The summed E-state index contributed by atoms with van der Waals surface area (Å²) < 4.78 is 23.9. The van der Waals surface area contributed by atoms with Crippen LogP contribution in [0.2, 0.25) is 0 Å². The minimum absolute atomic E-state index is 0.477. The molecule has 1 unspecified atom stereocenters. The summed E-state index contributed by atoms with van der Waals surface area (Å²) >= 11 is 0. The van der Waals surface area contributed by atoms with Gasteiger partial charge in [0.2, 0.25) is 0 Å². The molecule has 1 N–H and O–H groups in total. The van der Waals surface area contributed by atoms with Gasteiger partial charge in [-0.25, -0.2) is 0 Å². The number of hydrogen-bond donors (Lipinski definition) is 1. The summed E-state index contributed by atoms with van der Waals surface area (Å²) in [6.45, 7) is 1.92. The summed E-state index contributed by atoms with van der Waals surface area (Å²) in [4.78, 5) is 0. The van der Waals surface area contributed by atoms with E-state index in [1.165, 1.54) is 0 Å². The van der Waals surface area contributed by atoms with Gasteiger partial charge in [-0.1, -0.05) is 13.3 Å². The Morgan fingerprint density at radius 2 is 2.11 bits per heavy atom. The fourth-order valence-corrected chi connectivity index (χ4v) is 1.54. The van der Waals surface area contributed by atoms with Crippen molar-refractivity contribution < 1.29 is 8.22 Å². The molecule has 0 aromatic heterocycles. The molecule has 0 bridgehead atoms. The minimum atomic E-state index is -3.41. The van der Waals surface area contributed by atoms with Crippen LogP contribution in [0.3, 0.4) is 0 Å².